The highest BCUT2D eigenvalue weighted by molar-refractivity contribution is 9.10. The van der Waals surface area contributed by atoms with Gasteiger partial charge in [-0.05, 0) is 47.5 Å². The predicted octanol–water partition coefficient (Wildman–Crippen LogP) is 2.98. The lowest BCUT2D eigenvalue weighted by Crippen LogP contribution is -2.26. The van der Waals surface area contributed by atoms with Crippen LogP contribution >= 0.6 is 15.9 Å². The third-order valence-corrected chi connectivity index (χ3v) is 3.29. The summed E-state index contributed by atoms with van der Waals surface area (Å²) in [6.45, 7) is 6.38. The minimum absolute atomic E-state index is 0.216. The zero-order chi connectivity index (χ0) is 14.3. The van der Waals surface area contributed by atoms with E-state index in [1.54, 1.807) is 14.2 Å². The first-order valence-corrected chi connectivity index (χ1v) is 7.14. The van der Waals surface area contributed by atoms with Crippen LogP contribution in [0.15, 0.2) is 16.6 Å². The van der Waals surface area contributed by atoms with Gasteiger partial charge in [-0.15, -0.1) is 0 Å². The first-order valence-electron chi connectivity index (χ1n) is 6.35. The van der Waals surface area contributed by atoms with E-state index < -0.39 is 0 Å². The van der Waals surface area contributed by atoms with Crippen LogP contribution in [0.4, 0.5) is 0 Å². The number of ether oxygens (including phenoxy) is 3. The van der Waals surface area contributed by atoms with Crippen LogP contribution in [0.3, 0.4) is 0 Å². The summed E-state index contributed by atoms with van der Waals surface area (Å²) in [7, 11) is 3.27. The second kappa shape index (κ2) is 8.40. The summed E-state index contributed by atoms with van der Waals surface area (Å²) in [4.78, 5) is 0. The Morgan fingerprint density at radius 3 is 2.58 bits per heavy atom. The maximum absolute atomic E-state index is 5.47. The smallest absolute Gasteiger partial charge is 0.174 e. The first-order chi connectivity index (χ1) is 9.12. The summed E-state index contributed by atoms with van der Waals surface area (Å²) in [5.41, 5.74) is 1.13. The fourth-order valence-corrected chi connectivity index (χ4v) is 2.49. The summed E-state index contributed by atoms with van der Waals surface area (Å²) >= 11 is 3.49. The molecule has 1 atom stereocenters. The third-order valence-electron chi connectivity index (χ3n) is 2.71. The number of methoxy groups -OCH3 is 2. The fraction of sp³-hybridized carbons (Fsp3) is 0.571. The fourth-order valence-electron chi connectivity index (χ4n) is 1.84. The van der Waals surface area contributed by atoms with Gasteiger partial charge in [0.05, 0.1) is 24.8 Å². The zero-order valence-electron chi connectivity index (χ0n) is 12.0. The number of nitrogens with one attached hydrogen (secondary N) is 1. The van der Waals surface area contributed by atoms with Gasteiger partial charge in [-0.3, -0.25) is 0 Å². The lowest BCUT2D eigenvalue weighted by atomic mass is 10.2. The molecular weight excluding hydrogens is 310 g/mol. The highest BCUT2D eigenvalue weighted by Crippen LogP contribution is 2.36. The maximum Gasteiger partial charge on any atom is 0.174 e. The average Bonchev–Trinajstić information content (AvgIpc) is 2.38. The molecule has 1 N–H and O–H groups in total. The largest absolute Gasteiger partial charge is 0.493 e. The second-order valence-corrected chi connectivity index (χ2v) is 5.06. The number of halogens is 1. The van der Waals surface area contributed by atoms with Gasteiger partial charge in [-0.2, -0.15) is 0 Å². The minimum Gasteiger partial charge on any atom is -0.493 e. The first kappa shape index (κ1) is 16.3. The monoisotopic (exact) mass is 331 g/mol. The molecular formula is C14H22BrNO3. The molecule has 0 saturated heterocycles. The van der Waals surface area contributed by atoms with E-state index in [1.807, 2.05) is 19.1 Å². The number of benzene rings is 1. The molecule has 1 aromatic rings. The molecule has 1 rings (SSSR count). The molecule has 0 amide bonds. The van der Waals surface area contributed by atoms with E-state index >= 15 is 0 Å². The maximum atomic E-state index is 5.47. The van der Waals surface area contributed by atoms with Gasteiger partial charge in [0.1, 0.15) is 0 Å². The molecule has 0 aliphatic carbocycles. The van der Waals surface area contributed by atoms with Crippen LogP contribution in [-0.2, 0) is 11.3 Å². The van der Waals surface area contributed by atoms with Crippen LogP contribution in [0, 0.1) is 0 Å². The van der Waals surface area contributed by atoms with Crippen LogP contribution in [-0.4, -0.2) is 33.5 Å². The molecule has 0 heterocycles. The van der Waals surface area contributed by atoms with E-state index in [-0.39, 0.29) is 6.10 Å². The van der Waals surface area contributed by atoms with Crippen molar-refractivity contribution in [3.63, 3.8) is 0 Å². The van der Waals surface area contributed by atoms with Gasteiger partial charge in [0.15, 0.2) is 11.5 Å². The van der Waals surface area contributed by atoms with E-state index in [0.717, 1.165) is 35.5 Å². The molecule has 0 fully saturated rings. The Hall–Kier alpha value is -0.780. The minimum atomic E-state index is 0.216. The standard InChI is InChI=1S/C14H22BrNO3/c1-5-19-10(2)8-16-9-11-6-12(15)14(18-4)13(7-11)17-3/h6-7,10,16H,5,8-9H2,1-4H3. The van der Waals surface area contributed by atoms with E-state index in [9.17, 15) is 0 Å². The average molecular weight is 332 g/mol. The van der Waals surface area contributed by atoms with E-state index in [4.69, 9.17) is 14.2 Å². The highest BCUT2D eigenvalue weighted by Gasteiger charge is 2.10. The molecule has 0 aliphatic rings. The van der Waals surface area contributed by atoms with Gasteiger partial charge in [0, 0.05) is 19.7 Å². The molecule has 108 valence electrons. The van der Waals surface area contributed by atoms with Gasteiger partial charge in [-0.25, -0.2) is 0 Å². The van der Waals surface area contributed by atoms with Crippen LogP contribution in [0.1, 0.15) is 19.4 Å². The van der Waals surface area contributed by atoms with E-state index in [1.165, 1.54) is 0 Å². The molecule has 0 radical (unpaired) electrons. The number of hydrogen-bond donors (Lipinski definition) is 1. The van der Waals surface area contributed by atoms with Gasteiger partial charge >= 0.3 is 0 Å². The van der Waals surface area contributed by atoms with Crippen LogP contribution in [0.2, 0.25) is 0 Å². The second-order valence-electron chi connectivity index (χ2n) is 4.21. The van der Waals surface area contributed by atoms with Gasteiger partial charge in [0.2, 0.25) is 0 Å². The Morgan fingerprint density at radius 1 is 1.26 bits per heavy atom. The van der Waals surface area contributed by atoms with E-state index in [0.29, 0.717) is 5.75 Å². The molecule has 5 heteroatoms. The Morgan fingerprint density at radius 2 is 2.00 bits per heavy atom. The summed E-state index contributed by atoms with van der Waals surface area (Å²) in [6, 6.07) is 4.00. The van der Waals surface area contributed by atoms with Gasteiger partial charge in [-0.1, -0.05) is 0 Å². The van der Waals surface area contributed by atoms with Crippen LogP contribution in [0.25, 0.3) is 0 Å². The molecule has 0 aliphatic heterocycles. The zero-order valence-corrected chi connectivity index (χ0v) is 13.5. The molecule has 0 saturated carbocycles. The van der Waals surface area contributed by atoms with Crippen molar-refractivity contribution in [2.75, 3.05) is 27.4 Å². The lowest BCUT2D eigenvalue weighted by molar-refractivity contribution is 0.0759. The Kier molecular flexibility index (Phi) is 7.20. The van der Waals surface area contributed by atoms with Crippen molar-refractivity contribution in [2.45, 2.75) is 26.5 Å². The van der Waals surface area contributed by atoms with Gasteiger partial charge < -0.3 is 19.5 Å². The molecule has 1 aromatic carbocycles. The predicted molar refractivity (Wildman–Crippen MR) is 80.0 cm³/mol. The summed E-state index contributed by atoms with van der Waals surface area (Å²) in [5.74, 6) is 1.44. The topological polar surface area (TPSA) is 39.7 Å². The third kappa shape index (κ3) is 5.01. The molecule has 19 heavy (non-hydrogen) atoms. The van der Waals surface area contributed by atoms with Crippen LogP contribution in [0.5, 0.6) is 11.5 Å². The Balaban J connectivity index is 2.62. The summed E-state index contributed by atoms with van der Waals surface area (Å²) in [6.07, 6.45) is 0.216. The quantitative estimate of drug-likeness (QED) is 0.794. The molecule has 1 unspecified atom stereocenters. The Labute approximate surface area is 123 Å². The van der Waals surface area contributed by atoms with Crippen molar-refractivity contribution in [2.24, 2.45) is 0 Å². The van der Waals surface area contributed by atoms with Crippen molar-refractivity contribution >= 4 is 15.9 Å². The molecule has 0 bridgehead atoms. The SMILES string of the molecule is CCOC(C)CNCc1cc(Br)c(OC)c(OC)c1. The van der Waals surface area contributed by atoms with Crippen molar-refractivity contribution in [3.8, 4) is 11.5 Å². The molecule has 0 aromatic heterocycles. The van der Waals surface area contributed by atoms with E-state index in [2.05, 4.69) is 28.2 Å². The van der Waals surface area contributed by atoms with Crippen molar-refractivity contribution in [3.05, 3.63) is 22.2 Å². The van der Waals surface area contributed by atoms with Crippen molar-refractivity contribution in [1.82, 2.24) is 5.32 Å². The van der Waals surface area contributed by atoms with Gasteiger partial charge in [0.25, 0.3) is 0 Å². The van der Waals surface area contributed by atoms with Crippen molar-refractivity contribution < 1.29 is 14.2 Å². The molecule has 0 spiro atoms. The lowest BCUT2D eigenvalue weighted by Gasteiger charge is -2.14. The summed E-state index contributed by atoms with van der Waals surface area (Å²) in [5, 5.41) is 3.36. The normalized spacial score (nSPS) is 12.3. The molecule has 4 nitrogen and oxygen atoms in total. The Bertz CT molecular complexity index is 399. The number of rotatable bonds is 8. The van der Waals surface area contributed by atoms with Crippen LogP contribution < -0.4 is 14.8 Å². The number of hydrogen-bond acceptors (Lipinski definition) is 4. The highest BCUT2D eigenvalue weighted by atomic mass is 79.9. The van der Waals surface area contributed by atoms with Crippen molar-refractivity contribution in [1.29, 1.82) is 0 Å². The summed E-state index contributed by atoms with van der Waals surface area (Å²) < 4.78 is 17.0.